The van der Waals surface area contributed by atoms with Crippen LogP contribution < -0.4 is 0 Å². The Bertz CT molecular complexity index is 1030. The summed E-state index contributed by atoms with van der Waals surface area (Å²) in [5.41, 5.74) is 7.85. The number of para-hydroxylation sites is 1. The average molecular weight is 530 g/mol. The molecule has 3 aromatic rings. The largest absolute Gasteiger partial charge is 0.515 e. The van der Waals surface area contributed by atoms with Gasteiger partial charge in [-0.25, -0.2) is 0 Å². The molecule has 0 unspecified atom stereocenters. The molecule has 0 fully saturated rings. The van der Waals surface area contributed by atoms with Gasteiger partial charge in [-0.05, 0) is 31.4 Å². The van der Waals surface area contributed by atoms with Gasteiger partial charge in [0.25, 0.3) is 0 Å². The van der Waals surface area contributed by atoms with Crippen LogP contribution in [-0.4, -0.2) is 10.8 Å². The Kier molecular flexibility index (Phi) is 8.55. The number of hydrogen-bond donors (Lipinski definition) is 1. The number of aryl methyl sites for hydroxylation is 1. The summed E-state index contributed by atoms with van der Waals surface area (Å²) >= 11 is 0. The summed E-state index contributed by atoms with van der Waals surface area (Å²) in [5, 5.41) is 11.8. The fraction of sp³-hybridized carbons (Fsp3) is 0.240. The van der Waals surface area contributed by atoms with Crippen molar-refractivity contribution in [3.8, 4) is 0 Å². The molecule has 4 rings (SSSR count). The van der Waals surface area contributed by atoms with Gasteiger partial charge in [-0.15, -0.1) is 45.7 Å². The molecule has 0 amide bonds. The van der Waals surface area contributed by atoms with Crippen LogP contribution in [0.2, 0.25) is 0 Å². The number of rotatable bonds is 2. The molecule has 1 N–H and O–H groups in total. The Morgan fingerprint density at radius 2 is 1.64 bits per heavy atom. The van der Waals surface area contributed by atoms with Crippen molar-refractivity contribution < 1.29 is 52.0 Å². The van der Waals surface area contributed by atoms with Crippen molar-refractivity contribution >= 4 is 27.7 Å². The van der Waals surface area contributed by atoms with E-state index in [4.69, 9.17) is 4.99 Å². The van der Waals surface area contributed by atoms with E-state index in [1.54, 1.807) is 0 Å². The van der Waals surface area contributed by atoms with Crippen molar-refractivity contribution in [2.75, 3.05) is 0 Å². The number of aliphatic imine (C=N–C) groups is 1. The summed E-state index contributed by atoms with van der Waals surface area (Å²) in [6.45, 7) is 8.04. The van der Waals surface area contributed by atoms with Crippen LogP contribution in [0.1, 0.15) is 43.0 Å². The quantitative estimate of drug-likeness (QED) is 0.289. The summed E-state index contributed by atoms with van der Waals surface area (Å²) in [6.07, 6.45) is 2.90. The van der Waals surface area contributed by atoms with E-state index < -0.39 is 0 Å². The monoisotopic (exact) mass is 530 g/mol. The van der Waals surface area contributed by atoms with Gasteiger partial charge in [0.15, 0.2) is 0 Å². The van der Waals surface area contributed by atoms with Crippen LogP contribution in [0.4, 0.5) is 5.69 Å². The van der Waals surface area contributed by atoms with Gasteiger partial charge in [-0.3, -0.25) is 4.99 Å². The summed E-state index contributed by atoms with van der Waals surface area (Å²) in [4.78, 5) is 4.94. The number of nitrogens with zero attached hydrogens (tertiary/aromatic N) is 1. The average Bonchev–Trinajstić information content (AvgIpc) is 3.14. The third kappa shape index (κ3) is 4.62. The van der Waals surface area contributed by atoms with Crippen LogP contribution in [-0.2, 0) is 12.8 Å². The first kappa shape index (κ1) is 22.9. The SMILES string of the molecule is CC.CC(=CO)c1ccccc1N=C1Cc2c(C)[c-]c3ccccc3c2C1.[Yb]. The number of fused-ring (bicyclic) bond motifs is 3. The van der Waals surface area contributed by atoms with Crippen molar-refractivity contribution in [1.82, 2.24) is 0 Å². The van der Waals surface area contributed by atoms with Crippen molar-refractivity contribution in [3.05, 3.63) is 83.1 Å². The second-order valence-electron chi connectivity index (χ2n) is 6.61. The van der Waals surface area contributed by atoms with Crippen LogP contribution in [0.5, 0.6) is 0 Å². The van der Waals surface area contributed by atoms with Gasteiger partial charge in [-0.1, -0.05) is 51.1 Å². The van der Waals surface area contributed by atoms with E-state index in [-0.39, 0.29) is 46.9 Å². The zero-order valence-electron chi connectivity index (χ0n) is 16.8. The third-order valence-electron chi connectivity index (χ3n) is 4.95. The van der Waals surface area contributed by atoms with Gasteiger partial charge in [0.2, 0.25) is 0 Å². The molecule has 3 aromatic carbocycles. The van der Waals surface area contributed by atoms with Gasteiger partial charge >= 0.3 is 0 Å². The molecule has 0 radical (unpaired) electrons. The molecule has 0 aliphatic heterocycles. The second-order valence-corrected chi connectivity index (χ2v) is 6.61. The molecule has 0 atom stereocenters. The van der Waals surface area contributed by atoms with E-state index in [1.807, 2.05) is 45.0 Å². The molecule has 3 heteroatoms. The molecule has 2 nitrogen and oxygen atoms in total. The number of hydrogen-bond acceptors (Lipinski definition) is 2. The molecular formula is C25H26NOYb-. The minimum absolute atomic E-state index is 0. The molecular weight excluding hydrogens is 503 g/mol. The minimum atomic E-state index is 0. The van der Waals surface area contributed by atoms with Crippen molar-refractivity contribution in [2.45, 2.75) is 40.5 Å². The molecule has 0 saturated heterocycles. The van der Waals surface area contributed by atoms with Crippen LogP contribution in [0.15, 0.2) is 59.8 Å². The van der Waals surface area contributed by atoms with Gasteiger partial charge < -0.3 is 5.11 Å². The molecule has 0 bridgehead atoms. The molecule has 1 aliphatic rings. The Hall–Kier alpha value is -1.35. The van der Waals surface area contributed by atoms with Gasteiger partial charge in [0.1, 0.15) is 0 Å². The molecule has 0 saturated carbocycles. The fourth-order valence-corrected chi connectivity index (χ4v) is 3.66. The molecule has 0 spiro atoms. The zero-order chi connectivity index (χ0) is 19.4. The van der Waals surface area contributed by atoms with Gasteiger partial charge in [0.05, 0.1) is 11.9 Å². The van der Waals surface area contributed by atoms with Crippen molar-refractivity contribution in [1.29, 1.82) is 0 Å². The molecule has 0 heterocycles. The Morgan fingerprint density at radius 3 is 2.39 bits per heavy atom. The number of aliphatic hydroxyl groups excluding tert-OH is 1. The van der Waals surface area contributed by atoms with E-state index >= 15 is 0 Å². The van der Waals surface area contributed by atoms with Gasteiger partial charge in [-0.2, -0.15) is 0 Å². The first-order valence-corrected chi connectivity index (χ1v) is 9.56. The van der Waals surface area contributed by atoms with E-state index in [0.29, 0.717) is 0 Å². The van der Waals surface area contributed by atoms with Crippen LogP contribution in [0.3, 0.4) is 0 Å². The molecule has 152 valence electrons. The predicted octanol–water partition coefficient (Wildman–Crippen LogP) is 6.76. The predicted molar refractivity (Wildman–Crippen MR) is 116 cm³/mol. The smallest absolute Gasteiger partial charge is 0.0827 e. The van der Waals surface area contributed by atoms with E-state index in [2.05, 4.69) is 37.3 Å². The molecule has 28 heavy (non-hydrogen) atoms. The van der Waals surface area contributed by atoms with Crippen LogP contribution >= 0.6 is 0 Å². The molecule has 0 aromatic heterocycles. The molecule has 1 aliphatic carbocycles. The Labute approximate surface area is 206 Å². The van der Waals surface area contributed by atoms with Crippen molar-refractivity contribution in [2.24, 2.45) is 4.99 Å². The van der Waals surface area contributed by atoms with Crippen LogP contribution in [0.25, 0.3) is 16.3 Å². The van der Waals surface area contributed by atoms with E-state index in [9.17, 15) is 5.11 Å². The maximum atomic E-state index is 9.36. The normalized spacial score (nSPS) is 14.3. The second kappa shape index (κ2) is 10.4. The number of allylic oxidation sites excluding steroid dienone is 1. The number of aliphatic hydroxyl groups is 1. The first-order chi connectivity index (χ1) is 13.2. The Morgan fingerprint density at radius 1 is 1.00 bits per heavy atom. The van der Waals surface area contributed by atoms with Crippen molar-refractivity contribution in [3.63, 3.8) is 0 Å². The maximum Gasteiger partial charge on any atom is 0.0827 e. The third-order valence-corrected chi connectivity index (χ3v) is 4.95. The number of benzene rings is 3. The summed E-state index contributed by atoms with van der Waals surface area (Å²) in [6, 6.07) is 19.9. The summed E-state index contributed by atoms with van der Waals surface area (Å²) < 4.78 is 0. The van der Waals surface area contributed by atoms with Crippen LogP contribution in [0, 0.1) is 59.9 Å². The summed E-state index contributed by atoms with van der Waals surface area (Å²) in [5.74, 6) is 0. The van der Waals surface area contributed by atoms with E-state index in [1.165, 1.54) is 33.2 Å². The first-order valence-electron chi connectivity index (χ1n) is 9.56. The maximum absolute atomic E-state index is 9.36. The standard InChI is InChI=1S/C23H20NO.C2H6.Yb/c1-15-11-17-7-3-4-9-20(17)22-13-18(12-21(15)22)24-23-10-6-5-8-19(23)16(2)14-25;1-2;/h3-10,14,25H,12-13H2,1-2H3;1-2H3;/q-1;;. The zero-order valence-corrected chi connectivity index (χ0v) is 18.5. The van der Waals surface area contributed by atoms with Gasteiger partial charge in [0, 0.05) is 58.2 Å². The topological polar surface area (TPSA) is 32.6 Å². The van der Waals surface area contributed by atoms with E-state index in [0.717, 1.165) is 35.9 Å². The summed E-state index contributed by atoms with van der Waals surface area (Å²) in [7, 11) is 0. The fourth-order valence-electron chi connectivity index (χ4n) is 3.66. The minimum Gasteiger partial charge on any atom is -0.515 e. The Balaban J connectivity index is 0.000000906.